The van der Waals surface area contributed by atoms with Crippen LogP contribution in [-0.4, -0.2) is 11.8 Å². The molecule has 0 bridgehead atoms. The Hall–Kier alpha value is -1.68. The molecule has 0 aromatic heterocycles. The fourth-order valence-corrected chi connectivity index (χ4v) is 3.07. The highest BCUT2D eigenvalue weighted by Crippen LogP contribution is 2.41. The lowest BCUT2D eigenvalue weighted by Gasteiger charge is -2.16. The second-order valence-electron chi connectivity index (χ2n) is 5.03. The molecule has 3 rings (SSSR count). The summed E-state index contributed by atoms with van der Waals surface area (Å²) in [4.78, 5) is 25.9. The molecule has 4 nitrogen and oxygen atoms in total. The molecule has 2 fully saturated rings. The topological polar surface area (TPSA) is 63.4 Å². The van der Waals surface area contributed by atoms with E-state index in [1.54, 1.807) is 6.07 Å². The third-order valence-corrected chi connectivity index (χ3v) is 4.00. The van der Waals surface area contributed by atoms with Crippen LogP contribution in [0.3, 0.4) is 0 Å². The van der Waals surface area contributed by atoms with Crippen molar-refractivity contribution in [1.82, 2.24) is 0 Å². The summed E-state index contributed by atoms with van der Waals surface area (Å²) in [5, 5.41) is 0. The first-order valence-corrected chi connectivity index (χ1v) is 6.39. The molecule has 2 amide bonds. The van der Waals surface area contributed by atoms with E-state index in [1.165, 1.54) is 4.90 Å². The van der Waals surface area contributed by atoms with Crippen LogP contribution in [0.25, 0.3) is 0 Å². The lowest BCUT2D eigenvalue weighted by atomic mass is 10.00. The molecule has 2 N–H and O–H groups in total. The molecule has 0 spiro atoms. The van der Waals surface area contributed by atoms with Gasteiger partial charge in [-0.15, -0.1) is 0 Å². The number of nitrogens with two attached hydrogens (primary N) is 1. The van der Waals surface area contributed by atoms with Crippen LogP contribution in [0.4, 0.5) is 5.69 Å². The number of rotatable bonds is 2. The van der Waals surface area contributed by atoms with Gasteiger partial charge in [0.15, 0.2) is 0 Å². The predicted octanol–water partition coefficient (Wildman–Crippen LogP) is 1.43. The number of nitrogens with zero attached hydrogens (tertiary/aromatic N) is 1. The summed E-state index contributed by atoms with van der Waals surface area (Å²) in [6.07, 6.45) is 2.69. The monoisotopic (exact) mass is 244 g/mol. The molecule has 18 heavy (non-hydrogen) atoms. The second kappa shape index (κ2) is 4.21. The van der Waals surface area contributed by atoms with Gasteiger partial charge in [0, 0.05) is 6.54 Å². The van der Waals surface area contributed by atoms with Gasteiger partial charge in [-0.25, -0.2) is 0 Å². The zero-order valence-electron chi connectivity index (χ0n) is 10.1. The van der Waals surface area contributed by atoms with E-state index >= 15 is 0 Å². The molecule has 4 heteroatoms. The first-order chi connectivity index (χ1) is 8.72. The quantitative estimate of drug-likeness (QED) is 0.800. The summed E-state index contributed by atoms with van der Waals surface area (Å²) in [5.74, 6) is -0.230. The highest BCUT2D eigenvalue weighted by Gasteiger charge is 2.50. The molecule has 1 aromatic rings. The minimum absolute atomic E-state index is 0.0309. The molecule has 1 aromatic carbocycles. The Bertz CT molecular complexity index is 490. The molecule has 2 aliphatic rings. The largest absolute Gasteiger partial charge is 0.326 e. The molecular formula is C14H16N2O2. The van der Waals surface area contributed by atoms with Gasteiger partial charge in [0.25, 0.3) is 0 Å². The van der Waals surface area contributed by atoms with Crippen LogP contribution in [-0.2, 0) is 16.1 Å². The van der Waals surface area contributed by atoms with Crippen molar-refractivity contribution in [3.05, 3.63) is 29.8 Å². The molecule has 1 aliphatic heterocycles. The number of anilines is 1. The Balaban J connectivity index is 1.97. The lowest BCUT2D eigenvalue weighted by molar-refractivity contribution is -0.122. The molecule has 1 aliphatic carbocycles. The van der Waals surface area contributed by atoms with Crippen LogP contribution >= 0.6 is 0 Å². The summed E-state index contributed by atoms with van der Waals surface area (Å²) in [7, 11) is 0. The second-order valence-corrected chi connectivity index (χ2v) is 5.03. The third-order valence-electron chi connectivity index (χ3n) is 4.00. The number of amides is 2. The van der Waals surface area contributed by atoms with E-state index in [0.29, 0.717) is 12.2 Å². The number of carbonyl (C=O) groups is 2. The van der Waals surface area contributed by atoms with Gasteiger partial charge in [-0.3, -0.25) is 14.5 Å². The summed E-state index contributed by atoms with van der Waals surface area (Å²) in [6.45, 7) is 0.414. The number of hydrogen-bond donors (Lipinski definition) is 1. The smallest absolute Gasteiger partial charge is 0.237 e. The van der Waals surface area contributed by atoms with Crippen molar-refractivity contribution < 1.29 is 9.59 Å². The van der Waals surface area contributed by atoms with Crippen molar-refractivity contribution in [2.24, 2.45) is 17.6 Å². The van der Waals surface area contributed by atoms with Gasteiger partial charge in [-0.2, -0.15) is 0 Å². The van der Waals surface area contributed by atoms with Crippen molar-refractivity contribution in [1.29, 1.82) is 0 Å². The van der Waals surface area contributed by atoms with Gasteiger partial charge >= 0.3 is 0 Å². The molecule has 1 saturated carbocycles. The summed E-state index contributed by atoms with van der Waals surface area (Å²) in [6, 6.07) is 7.37. The Morgan fingerprint density at radius 2 is 1.83 bits per heavy atom. The molecule has 2 unspecified atom stereocenters. The van der Waals surface area contributed by atoms with E-state index in [4.69, 9.17) is 5.73 Å². The number of carbonyl (C=O) groups excluding carboxylic acids is 2. The fraction of sp³-hybridized carbons (Fsp3) is 0.429. The maximum Gasteiger partial charge on any atom is 0.237 e. The summed E-state index contributed by atoms with van der Waals surface area (Å²) >= 11 is 0. The fourth-order valence-electron chi connectivity index (χ4n) is 3.07. The van der Waals surface area contributed by atoms with E-state index < -0.39 is 0 Å². The van der Waals surface area contributed by atoms with Crippen molar-refractivity contribution in [2.75, 3.05) is 4.90 Å². The van der Waals surface area contributed by atoms with Gasteiger partial charge in [-0.05, 0) is 30.5 Å². The van der Waals surface area contributed by atoms with E-state index in [-0.39, 0.29) is 23.7 Å². The number of fused-ring (bicyclic) bond motifs is 1. The minimum Gasteiger partial charge on any atom is -0.326 e. The SMILES string of the molecule is NCc1cccc(N2C(=O)C3CCCC3C2=O)c1. The van der Waals surface area contributed by atoms with Crippen LogP contribution in [0.2, 0.25) is 0 Å². The molecular weight excluding hydrogens is 228 g/mol. The molecule has 1 heterocycles. The number of imide groups is 1. The highest BCUT2D eigenvalue weighted by molar-refractivity contribution is 6.22. The predicted molar refractivity (Wildman–Crippen MR) is 67.7 cm³/mol. The van der Waals surface area contributed by atoms with Crippen LogP contribution in [0, 0.1) is 11.8 Å². The first kappa shape index (κ1) is 11.4. The average Bonchev–Trinajstić information content (AvgIpc) is 2.95. The zero-order valence-corrected chi connectivity index (χ0v) is 10.1. The van der Waals surface area contributed by atoms with Crippen LogP contribution in [0.5, 0.6) is 0 Å². The molecule has 1 saturated heterocycles. The van der Waals surface area contributed by atoms with Crippen LogP contribution in [0.1, 0.15) is 24.8 Å². The molecule has 0 radical (unpaired) electrons. The van der Waals surface area contributed by atoms with Gasteiger partial charge in [0.05, 0.1) is 17.5 Å². The summed E-state index contributed by atoms with van der Waals surface area (Å²) in [5.41, 5.74) is 7.19. The van der Waals surface area contributed by atoms with E-state index in [2.05, 4.69) is 0 Å². The van der Waals surface area contributed by atoms with E-state index in [9.17, 15) is 9.59 Å². The lowest BCUT2D eigenvalue weighted by Crippen LogP contribution is -2.31. The Labute approximate surface area is 106 Å². The standard InChI is InChI=1S/C14H16N2O2/c15-8-9-3-1-4-10(7-9)16-13(17)11-5-2-6-12(11)14(16)18/h1,3-4,7,11-12H,2,5-6,8,15H2. The van der Waals surface area contributed by atoms with Crippen molar-refractivity contribution >= 4 is 17.5 Å². The highest BCUT2D eigenvalue weighted by atomic mass is 16.2. The average molecular weight is 244 g/mol. The normalized spacial score (nSPS) is 26.8. The van der Waals surface area contributed by atoms with E-state index in [0.717, 1.165) is 24.8 Å². The summed E-state index contributed by atoms with van der Waals surface area (Å²) < 4.78 is 0. The number of benzene rings is 1. The zero-order chi connectivity index (χ0) is 12.7. The maximum atomic E-state index is 12.3. The van der Waals surface area contributed by atoms with Crippen LogP contribution in [0.15, 0.2) is 24.3 Å². The Morgan fingerprint density at radius 1 is 1.17 bits per heavy atom. The van der Waals surface area contributed by atoms with Gasteiger partial charge in [0.2, 0.25) is 11.8 Å². The molecule has 2 atom stereocenters. The van der Waals surface area contributed by atoms with Crippen molar-refractivity contribution in [3.63, 3.8) is 0 Å². The van der Waals surface area contributed by atoms with Crippen molar-refractivity contribution in [2.45, 2.75) is 25.8 Å². The first-order valence-electron chi connectivity index (χ1n) is 6.39. The Kier molecular flexibility index (Phi) is 2.67. The maximum absolute atomic E-state index is 12.3. The van der Waals surface area contributed by atoms with E-state index in [1.807, 2.05) is 18.2 Å². The third kappa shape index (κ3) is 1.56. The molecule has 94 valence electrons. The number of hydrogen-bond acceptors (Lipinski definition) is 3. The van der Waals surface area contributed by atoms with Gasteiger partial charge in [0.1, 0.15) is 0 Å². The van der Waals surface area contributed by atoms with Crippen molar-refractivity contribution in [3.8, 4) is 0 Å². The van der Waals surface area contributed by atoms with Gasteiger partial charge < -0.3 is 5.73 Å². The minimum atomic E-state index is -0.0842. The van der Waals surface area contributed by atoms with Crippen LogP contribution < -0.4 is 10.6 Å². The Morgan fingerprint density at radius 3 is 2.44 bits per heavy atom. The van der Waals surface area contributed by atoms with Gasteiger partial charge in [-0.1, -0.05) is 18.6 Å².